The Kier molecular flexibility index (Phi) is 10.6. The molecule has 202 valence electrons. The van der Waals surface area contributed by atoms with E-state index >= 15 is 0 Å². The van der Waals surface area contributed by atoms with Gasteiger partial charge in [0.2, 0.25) is 11.8 Å². The Morgan fingerprint density at radius 2 is 1.86 bits per heavy atom. The number of H-pyrrole nitrogens is 1. The molecule has 1 saturated heterocycles. The molecule has 11 nitrogen and oxygen atoms in total. The van der Waals surface area contributed by atoms with Crippen molar-refractivity contribution in [1.29, 1.82) is 0 Å². The second kappa shape index (κ2) is 13.4. The molecule has 3 rings (SSSR count). The molecule has 1 aromatic carbocycles. The highest BCUT2D eigenvalue weighted by Gasteiger charge is 2.29. The lowest BCUT2D eigenvalue weighted by Crippen LogP contribution is -2.88. The van der Waals surface area contributed by atoms with Gasteiger partial charge in [-0.15, -0.1) is 0 Å². The maximum Gasteiger partial charge on any atom is 0.430 e. The third-order valence-electron chi connectivity index (χ3n) is 5.48. The van der Waals surface area contributed by atoms with Crippen LogP contribution in [0.15, 0.2) is 46.1 Å². The summed E-state index contributed by atoms with van der Waals surface area (Å²) in [5, 5.41) is 13.8. The number of carbonyl (C=O) groups is 3. The number of quaternary nitrogens is 1. The number of halogens is 3. The molecule has 2 amide bonds. The molecular weight excluding hydrogens is 499 g/mol. The number of hydrogen-bond acceptors (Lipinski definition) is 6. The SMILES string of the molecule is Cc1cn(CC(=O)N(CC(=O)NCc2ccccc2)C[C@@H]2CCC[NH2+]2)c(=O)[nH]c1=O.O=C([O-])C(F)(F)F. The van der Waals surface area contributed by atoms with E-state index in [1.165, 1.54) is 15.7 Å². The molecule has 14 heteroatoms. The normalized spacial score (nSPS) is 14.9. The van der Waals surface area contributed by atoms with Gasteiger partial charge in [-0.25, -0.2) is 4.79 Å². The summed E-state index contributed by atoms with van der Waals surface area (Å²) in [7, 11) is 0. The number of carbonyl (C=O) groups excluding carboxylic acids is 3. The number of nitrogens with one attached hydrogen (secondary N) is 2. The van der Waals surface area contributed by atoms with Crippen molar-refractivity contribution in [3.8, 4) is 0 Å². The first-order chi connectivity index (χ1) is 17.4. The number of aliphatic carboxylic acids is 1. The highest BCUT2D eigenvalue weighted by atomic mass is 19.4. The largest absolute Gasteiger partial charge is 0.542 e. The summed E-state index contributed by atoms with van der Waals surface area (Å²) < 4.78 is 32.7. The molecule has 4 N–H and O–H groups in total. The molecule has 0 aliphatic carbocycles. The molecule has 1 fully saturated rings. The van der Waals surface area contributed by atoms with Crippen LogP contribution in [0.25, 0.3) is 0 Å². The molecule has 1 aliphatic rings. The minimum atomic E-state index is -5.19. The molecule has 1 atom stereocenters. The lowest BCUT2D eigenvalue weighted by atomic mass is 10.2. The summed E-state index contributed by atoms with van der Waals surface area (Å²) in [6.45, 7) is 3.10. The van der Waals surface area contributed by atoms with Crippen LogP contribution >= 0.6 is 0 Å². The van der Waals surface area contributed by atoms with E-state index in [2.05, 4.69) is 15.6 Å². The van der Waals surface area contributed by atoms with Gasteiger partial charge < -0.3 is 25.4 Å². The van der Waals surface area contributed by atoms with Gasteiger partial charge in [0, 0.05) is 31.1 Å². The van der Waals surface area contributed by atoms with Gasteiger partial charge in [-0.05, 0) is 12.5 Å². The van der Waals surface area contributed by atoms with Crippen LogP contribution in [-0.4, -0.2) is 64.1 Å². The highest BCUT2D eigenvalue weighted by Crippen LogP contribution is 2.11. The van der Waals surface area contributed by atoms with Crippen molar-refractivity contribution >= 4 is 17.8 Å². The number of aryl methyl sites for hydroxylation is 1. The molecule has 0 unspecified atom stereocenters. The van der Waals surface area contributed by atoms with Gasteiger partial charge in [0.05, 0.1) is 19.6 Å². The number of nitrogens with zero attached hydrogens (tertiary/aromatic N) is 2. The zero-order chi connectivity index (χ0) is 27.6. The number of alkyl halides is 3. The molecule has 37 heavy (non-hydrogen) atoms. The van der Waals surface area contributed by atoms with Crippen LogP contribution in [0.4, 0.5) is 13.2 Å². The van der Waals surface area contributed by atoms with Crippen LogP contribution < -0.4 is 27.0 Å². The van der Waals surface area contributed by atoms with Crippen molar-refractivity contribution in [2.24, 2.45) is 0 Å². The molecule has 1 aromatic heterocycles. The van der Waals surface area contributed by atoms with Crippen molar-refractivity contribution in [2.75, 3.05) is 19.6 Å². The van der Waals surface area contributed by atoms with Crippen LogP contribution in [0, 0.1) is 6.92 Å². The molecular formula is C23H28F3N5O6. The Morgan fingerprint density at radius 3 is 2.43 bits per heavy atom. The number of carboxylic acid groups (broad SMARTS) is 1. The van der Waals surface area contributed by atoms with Gasteiger partial charge in [0.1, 0.15) is 18.6 Å². The van der Waals surface area contributed by atoms with Crippen LogP contribution in [0.5, 0.6) is 0 Å². The average Bonchev–Trinajstić information content (AvgIpc) is 3.34. The van der Waals surface area contributed by atoms with Crippen LogP contribution in [0.1, 0.15) is 24.0 Å². The molecule has 0 spiro atoms. The lowest BCUT2D eigenvalue weighted by molar-refractivity contribution is -0.669. The molecule has 0 saturated carbocycles. The maximum absolute atomic E-state index is 12.9. The Hall–Kier alpha value is -3.94. The van der Waals surface area contributed by atoms with E-state index in [1.807, 2.05) is 30.3 Å². The van der Waals surface area contributed by atoms with Gasteiger partial charge >= 0.3 is 11.9 Å². The van der Waals surface area contributed by atoms with Crippen molar-refractivity contribution in [1.82, 2.24) is 19.8 Å². The van der Waals surface area contributed by atoms with E-state index in [4.69, 9.17) is 9.90 Å². The third kappa shape index (κ3) is 9.91. The van der Waals surface area contributed by atoms with E-state index in [9.17, 15) is 32.3 Å². The smallest absolute Gasteiger partial charge is 0.430 e. The van der Waals surface area contributed by atoms with Crippen LogP contribution in [-0.2, 0) is 27.5 Å². The number of aromatic nitrogens is 2. The van der Waals surface area contributed by atoms with E-state index in [0.717, 1.165) is 24.9 Å². The molecule has 0 radical (unpaired) electrons. The predicted octanol–water partition coefficient (Wildman–Crippen LogP) is -1.99. The minimum Gasteiger partial charge on any atom is -0.542 e. The average molecular weight is 528 g/mol. The van der Waals surface area contributed by atoms with Crippen molar-refractivity contribution in [2.45, 2.75) is 45.1 Å². The summed E-state index contributed by atoms with van der Waals surface area (Å²) in [6, 6.07) is 9.78. The fourth-order valence-corrected chi connectivity index (χ4v) is 3.56. The summed E-state index contributed by atoms with van der Waals surface area (Å²) in [6.07, 6.45) is -1.77. The fraction of sp³-hybridized carbons (Fsp3) is 0.435. The molecule has 0 bridgehead atoms. The first-order valence-corrected chi connectivity index (χ1v) is 11.4. The van der Waals surface area contributed by atoms with E-state index in [-0.39, 0.29) is 30.9 Å². The number of benzene rings is 1. The number of hydrogen-bond donors (Lipinski definition) is 3. The molecule has 1 aliphatic heterocycles. The quantitative estimate of drug-likeness (QED) is 0.360. The van der Waals surface area contributed by atoms with Crippen LogP contribution in [0.2, 0.25) is 0 Å². The topological polar surface area (TPSA) is 161 Å². The van der Waals surface area contributed by atoms with E-state index in [0.29, 0.717) is 18.7 Å². The number of rotatable bonds is 8. The first-order valence-electron chi connectivity index (χ1n) is 11.4. The number of nitrogens with two attached hydrogens (primary N) is 1. The Morgan fingerprint density at radius 1 is 1.22 bits per heavy atom. The van der Waals surface area contributed by atoms with Gasteiger partial charge in [-0.3, -0.25) is 23.9 Å². The van der Waals surface area contributed by atoms with Gasteiger partial charge in [-0.1, -0.05) is 30.3 Å². The maximum atomic E-state index is 12.9. The summed E-state index contributed by atoms with van der Waals surface area (Å²) in [5.41, 5.74) is 0.211. The van der Waals surface area contributed by atoms with Gasteiger partial charge in [0.15, 0.2) is 0 Å². The Bertz CT molecular complexity index is 1190. The standard InChI is InChI=1S/C21H27N5O4.C2HF3O2/c1-15-11-26(21(30)24-20(15)29)14-19(28)25(12-17-8-5-9-22-17)13-18(27)23-10-16-6-3-2-4-7-16;3-2(4,5)1(6)7/h2-4,6-7,11,17,22H,5,8-10,12-14H2,1H3,(H,23,27)(H,24,29,30);(H,6,7)/t17-;/m0./s1. The Balaban J connectivity index is 0.000000604. The van der Waals surface area contributed by atoms with Gasteiger partial charge in [0.25, 0.3) is 5.56 Å². The predicted molar refractivity (Wildman–Crippen MR) is 122 cm³/mol. The van der Waals surface area contributed by atoms with Gasteiger partial charge in [-0.2, -0.15) is 13.2 Å². The van der Waals surface area contributed by atoms with Crippen molar-refractivity contribution in [3.05, 3.63) is 68.5 Å². The Labute approximate surface area is 209 Å². The van der Waals surface area contributed by atoms with Crippen LogP contribution in [0.3, 0.4) is 0 Å². The minimum absolute atomic E-state index is 0.0763. The summed E-state index contributed by atoms with van der Waals surface area (Å²) in [4.78, 5) is 61.5. The highest BCUT2D eigenvalue weighted by molar-refractivity contribution is 5.84. The fourth-order valence-electron chi connectivity index (χ4n) is 3.56. The zero-order valence-corrected chi connectivity index (χ0v) is 20.0. The number of carboxylic acids is 1. The lowest BCUT2D eigenvalue weighted by Gasteiger charge is -2.24. The summed E-state index contributed by atoms with van der Waals surface area (Å²) >= 11 is 0. The molecule has 2 heterocycles. The zero-order valence-electron chi connectivity index (χ0n) is 20.0. The summed E-state index contributed by atoms with van der Waals surface area (Å²) in [5.74, 6) is -3.60. The van der Waals surface area contributed by atoms with E-state index < -0.39 is 23.4 Å². The number of amides is 2. The number of aromatic amines is 1. The molecule has 2 aromatic rings. The first kappa shape index (κ1) is 29.3. The second-order valence-electron chi connectivity index (χ2n) is 8.45. The second-order valence-corrected chi connectivity index (χ2v) is 8.45. The monoisotopic (exact) mass is 527 g/mol. The third-order valence-corrected chi connectivity index (χ3v) is 5.48. The van der Waals surface area contributed by atoms with Crippen molar-refractivity contribution in [3.63, 3.8) is 0 Å². The van der Waals surface area contributed by atoms with E-state index in [1.54, 1.807) is 6.92 Å². The van der Waals surface area contributed by atoms with Crippen molar-refractivity contribution < 1.29 is 38.0 Å².